The molecule has 0 spiro atoms. The van der Waals surface area contributed by atoms with Crippen molar-refractivity contribution >= 4 is 33.0 Å². The second-order valence-corrected chi connectivity index (χ2v) is 9.63. The normalized spacial score (nSPS) is 13.9. The Labute approximate surface area is 183 Å². The largest absolute Gasteiger partial charge is 0.356 e. The Kier molecular flexibility index (Phi) is 6.08. The summed E-state index contributed by atoms with van der Waals surface area (Å²) >= 11 is 0. The molecule has 0 atom stereocenters. The lowest BCUT2D eigenvalue weighted by Crippen LogP contribution is -2.19. The van der Waals surface area contributed by atoms with Crippen LogP contribution in [0.15, 0.2) is 54.6 Å². The number of anilines is 4. The second-order valence-electron chi connectivity index (χ2n) is 7.91. The van der Waals surface area contributed by atoms with E-state index in [-0.39, 0.29) is 5.75 Å². The summed E-state index contributed by atoms with van der Waals surface area (Å²) in [6.45, 7) is 5.87. The number of hydrogen-bond acceptors (Lipinski definition) is 6. The lowest BCUT2D eigenvalue weighted by molar-refractivity contribution is 0.600. The Bertz CT molecular complexity index is 1160. The molecule has 31 heavy (non-hydrogen) atoms. The molecule has 0 saturated carbocycles. The van der Waals surface area contributed by atoms with Crippen molar-refractivity contribution in [1.82, 2.24) is 9.97 Å². The predicted octanol–water partition coefficient (Wildman–Crippen LogP) is 4.38. The molecule has 2 aromatic carbocycles. The number of nitrogens with one attached hydrogen (secondary N) is 2. The van der Waals surface area contributed by atoms with Gasteiger partial charge in [0.15, 0.2) is 0 Å². The number of benzene rings is 2. The molecule has 0 radical (unpaired) electrons. The van der Waals surface area contributed by atoms with E-state index in [1.165, 1.54) is 12.8 Å². The molecule has 3 aromatic rings. The second kappa shape index (κ2) is 8.93. The van der Waals surface area contributed by atoms with E-state index in [0.717, 1.165) is 41.5 Å². The molecule has 1 aliphatic heterocycles. The van der Waals surface area contributed by atoms with Gasteiger partial charge in [-0.05, 0) is 56.5 Å². The van der Waals surface area contributed by atoms with Gasteiger partial charge in [0.2, 0.25) is 10.0 Å². The number of sulfonamides is 1. The van der Waals surface area contributed by atoms with Crippen LogP contribution >= 0.6 is 0 Å². The zero-order chi connectivity index (χ0) is 21.8. The van der Waals surface area contributed by atoms with E-state index in [2.05, 4.69) is 24.9 Å². The standard InChI is InChI=1S/C23H27N5O2S/c1-17-6-5-7-19(14-17)16-31(29,30)27-21-10-8-20(9-11-21)26-22-15-23(25-18(2)24-22)28-12-3-4-13-28/h5-11,14-15,27H,3-4,12-13,16H2,1-2H3,(H,24,25,26). The average Bonchev–Trinajstić information content (AvgIpc) is 3.23. The first-order valence-corrected chi connectivity index (χ1v) is 12.1. The van der Waals surface area contributed by atoms with Crippen LogP contribution in [0.3, 0.4) is 0 Å². The maximum absolute atomic E-state index is 12.5. The first-order valence-electron chi connectivity index (χ1n) is 10.4. The number of aryl methyl sites for hydroxylation is 2. The molecule has 1 saturated heterocycles. The molecule has 0 bridgehead atoms. The van der Waals surface area contributed by atoms with Gasteiger partial charge < -0.3 is 10.2 Å². The fraction of sp³-hybridized carbons (Fsp3) is 0.304. The first kappa shape index (κ1) is 21.1. The summed E-state index contributed by atoms with van der Waals surface area (Å²) in [7, 11) is -3.49. The van der Waals surface area contributed by atoms with Crippen molar-refractivity contribution in [3.8, 4) is 0 Å². The van der Waals surface area contributed by atoms with Gasteiger partial charge in [0.25, 0.3) is 0 Å². The summed E-state index contributed by atoms with van der Waals surface area (Å²) in [6, 6.07) is 16.6. The summed E-state index contributed by atoms with van der Waals surface area (Å²) in [5.74, 6) is 2.32. The first-order chi connectivity index (χ1) is 14.9. The predicted molar refractivity (Wildman–Crippen MR) is 125 cm³/mol. The van der Waals surface area contributed by atoms with Crippen LogP contribution in [0.1, 0.15) is 29.8 Å². The fourth-order valence-electron chi connectivity index (χ4n) is 3.73. The number of rotatable bonds is 7. The Hall–Kier alpha value is -3.13. The van der Waals surface area contributed by atoms with Gasteiger partial charge in [0.1, 0.15) is 17.5 Å². The van der Waals surface area contributed by atoms with Gasteiger partial charge in [-0.15, -0.1) is 0 Å². The van der Waals surface area contributed by atoms with Crippen molar-refractivity contribution in [2.75, 3.05) is 28.0 Å². The van der Waals surface area contributed by atoms with Crippen molar-refractivity contribution in [2.24, 2.45) is 0 Å². The molecule has 162 valence electrons. The van der Waals surface area contributed by atoms with Gasteiger partial charge in [-0.25, -0.2) is 18.4 Å². The minimum atomic E-state index is -3.49. The van der Waals surface area contributed by atoms with Crippen LogP contribution in [0.4, 0.5) is 23.0 Å². The van der Waals surface area contributed by atoms with Gasteiger partial charge in [-0.3, -0.25) is 4.72 Å². The molecule has 4 rings (SSSR count). The third-order valence-electron chi connectivity index (χ3n) is 5.12. The highest BCUT2D eigenvalue weighted by molar-refractivity contribution is 7.91. The highest BCUT2D eigenvalue weighted by atomic mass is 32.2. The number of aromatic nitrogens is 2. The minimum absolute atomic E-state index is 0.0613. The van der Waals surface area contributed by atoms with Crippen molar-refractivity contribution in [2.45, 2.75) is 32.4 Å². The van der Waals surface area contributed by atoms with Gasteiger partial charge in [0.05, 0.1) is 5.75 Å². The summed E-state index contributed by atoms with van der Waals surface area (Å²) < 4.78 is 27.7. The molecule has 0 unspecified atom stereocenters. The maximum Gasteiger partial charge on any atom is 0.236 e. The van der Waals surface area contributed by atoms with Crippen molar-refractivity contribution in [3.05, 3.63) is 71.5 Å². The van der Waals surface area contributed by atoms with Crippen LogP contribution in [-0.4, -0.2) is 31.5 Å². The average molecular weight is 438 g/mol. The zero-order valence-electron chi connectivity index (χ0n) is 17.8. The lowest BCUT2D eigenvalue weighted by atomic mass is 10.2. The Morgan fingerprint density at radius 2 is 1.65 bits per heavy atom. The maximum atomic E-state index is 12.5. The van der Waals surface area contributed by atoms with Crippen LogP contribution in [0.25, 0.3) is 0 Å². The number of hydrogen-bond donors (Lipinski definition) is 2. The molecule has 2 N–H and O–H groups in total. The van der Waals surface area contributed by atoms with E-state index in [9.17, 15) is 8.42 Å². The zero-order valence-corrected chi connectivity index (χ0v) is 18.6. The quantitative estimate of drug-likeness (QED) is 0.570. The third kappa shape index (κ3) is 5.73. The highest BCUT2D eigenvalue weighted by Crippen LogP contribution is 2.24. The Morgan fingerprint density at radius 1 is 0.935 bits per heavy atom. The molecule has 8 heteroatoms. The smallest absolute Gasteiger partial charge is 0.236 e. The molecular weight excluding hydrogens is 410 g/mol. The van der Waals surface area contributed by atoms with Gasteiger partial charge in [-0.1, -0.05) is 29.8 Å². The van der Waals surface area contributed by atoms with E-state index < -0.39 is 10.0 Å². The van der Waals surface area contributed by atoms with Crippen molar-refractivity contribution < 1.29 is 8.42 Å². The third-order valence-corrected chi connectivity index (χ3v) is 6.38. The topological polar surface area (TPSA) is 87.2 Å². The van der Waals surface area contributed by atoms with E-state index in [1.54, 1.807) is 12.1 Å². The summed E-state index contributed by atoms with van der Waals surface area (Å²) in [4.78, 5) is 11.3. The van der Waals surface area contributed by atoms with Crippen molar-refractivity contribution in [1.29, 1.82) is 0 Å². The molecular formula is C23H27N5O2S. The van der Waals surface area contributed by atoms with Crippen LogP contribution in [0, 0.1) is 13.8 Å². The molecule has 7 nitrogen and oxygen atoms in total. The monoisotopic (exact) mass is 437 g/mol. The van der Waals surface area contributed by atoms with Crippen LogP contribution in [0.5, 0.6) is 0 Å². The van der Waals surface area contributed by atoms with Crippen LogP contribution in [-0.2, 0) is 15.8 Å². The summed E-state index contributed by atoms with van der Waals surface area (Å²) in [5.41, 5.74) is 3.15. The summed E-state index contributed by atoms with van der Waals surface area (Å²) in [6.07, 6.45) is 2.38. The van der Waals surface area contributed by atoms with E-state index in [1.807, 2.05) is 56.3 Å². The van der Waals surface area contributed by atoms with E-state index >= 15 is 0 Å². The molecule has 1 aliphatic rings. The SMILES string of the molecule is Cc1cccc(CS(=O)(=O)Nc2ccc(Nc3cc(N4CCCC4)nc(C)n3)cc2)c1. The molecule has 1 fully saturated rings. The van der Waals surface area contributed by atoms with Gasteiger partial charge in [-0.2, -0.15) is 0 Å². The van der Waals surface area contributed by atoms with Crippen LogP contribution in [0.2, 0.25) is 0 Å². The van der Waals surface area contributed by atoms with E-state index in [0.29, 0.717) is 11.5 Å². The molecule has 0 aliphatic carbocycles. The Balaban J connectivity index is 1.42. The molecule has 0 amide bonds. The van der Waals surface area contributed by atoms with Crippen LogP contribution < -0.4 is 14.9 Å². The fourth-order valence-corrected chi connectivity index (χ4v) is 4.92. The Morgan fingerprint density at radius 3 is 2.35 bits per heavy atom. The highest BCUT2D eigenvalue weighted by Gasteiger charge is 2.15. The molecule has 1 aromatic heterocycles. The van der Waals surface area contributed by atoms with Gasteiger partial charge in [0, 0.05) is 30.5 Å². The lowest BCUT2D eigenvalue weighted by Gasteiger charge is -2.18. The summed E-state index contributed by atoms with van der Waals surface area (Å²) in [5, 5.41) is 3.29. The van der Waals surface area contributed by atoms with Crippen molar-refractivity contribution in [3.63, 3.8) is 0 Å². The molecule has 2 heterocycles. The van der Waals surface area contributed by atoms with E-state index in [4.69, 9.17) is 0 Å². The number of nitrogens with zero attached hydrogens (tertiary/aromatic N) is 3. The minimum Gasteiger partial charge on any atom is -0.356 e. The van der Waals surface area contributed by atoms with Gasteiger partial charge >= 0.3 is 0 Å².